The van der Waals surface area contributed by atoms with Gasteiger partial charge in [-0.1, -0.05) is 37.0 Å². The summed E-state index contributed by atoms with van der Waals surface area (Å²) in [5.41, 5.74) is 1.02. The molecule has 1 heteroatoms. The van der Waals surface area contributed by atoms with E-state index in [2.05, 4.69) is 11.8 Å². The Labute approximate surface area is 102 Å². The summed E-state index contributed by atoms with van der Waals surface area (Å²) in [7, 11) is 0. The van der Waals surface area contributed by atoms with Gasteiger partial charge in [0.25, 0.3) is 0 Å². The molecule has 2 aromatic carbocycles. The van der Waals surface area contributed by atoms with Crippen molar-refractivity contribution < 1.29 is 4.74 Å². The molecule has 0 N–H and O–H groups in total. The molecule has 0 atom stereocenters. The van der Waals surface area contributed by atoms with Gasteiger partial charge in [0.05, 0.1) is 0 Å². The molecule has 0 aliphatic rings. The summed E-state index contributed by atoms with van der Waals surface area (Å²) >= 11 is 0. The second kappa shape index (κ2) is 5.77. The van der Waals surface area contributed by atoms with Crippen LogP contribution < -0.4 is 4.74 Å². The van der Waals surface area contributed by atoms with Gasteiger partial charge in [-0.2, -0.15) is 0 Å². The summed E-state index contributed by atoms with van der Waals surface area (Å²) in [5, 5.41) is 0. The lowest BCUT2D eigenvalue weighted by Crippen LogP contribution is -1.83. The zero-order chi connectivity index (χ0) is 11.9. The summed E-state index contributed by atoms with van der Waals surface area (Å²) in [6, 6.07) is 17.6. The maximum absolute atomic E-state index is 5.69. The third kappa shape index (κ3) is 3.39. The van der Waals surface area contributed by atoms with Crippen molar-refractivity contribution in [3.63, 3.8) is 0 Å². The van der Waals surface area contributed by atoms with E-state index in [0.29, 0.717) is 0 Å². The van der Waals surface area contributed by atoms with E-state index >= 15 is 0 Å². The summed E-state index contributed by atoms with van der Waals surface area (Å²) in [6.45, 7) is 2.04. The van der Waals surface area contributed by atoms with Gasteiger partial charge >= 0.3 is 0 Å². The fourth-order valence-electron chi connectivity index (χ4n) is 1.42. The number of hydrogen-bond donors (Lipinski definition) is 0. The average Bonchev–Trinajstić information content (AvgIpc) is 2.39. The molecule has 84 valence electrons. The highest BCUT2D eigenvalue weighted by molar-refractivity contribution is 5.39. The van der Waals surface area contributed by atoms with Crippen LogP contribution in [0.5, 0.6) is 11.5 Å². The van der Waals surface area contributed by atoms with Crippen LogP contribution in [0.3, 0.4) is 0 Å². The second-order valence-electron chi connectivity index (χ2n) is 3.59. The first kappa shape index (κ1) is 11.3. The molecule has 0 aromatic heterocycles. The number of benzene rings is 2. The van der Waals surface area contributed by atoms with Crippen molar-refractivity contribution in [2.75, 3.05) is 0 Å². The van der Waals surface area contributed by atoms with Crippen molar-refractivity contribution in [1.82, 2.24) is 0 Å². The molecule has 2 aromatic rings. The minimum atomic E-state index is 0.832. The quantitative estimate of drug-likeness (QED) is 0.690. The third-order valence-electron chi connectivity index (χ3n) is 2.24. The lowest BCUT2D eigenvalue weighted by molar-refractivity contribution is 0.482. The highest BCUT2D eigenvalue weighted by Gasteiger charge is 1.95. The fraction of sp³-hybridized carbons (Fsp3) is 0.125. The van der Waals surface area contributed by atoms with Crippen LogP contribution in [0.15, 0.2) is 54.6 Å². The summed E-state index contributed by atoms with van der Waals surface area (Å²) < 4.78 is 5.69. The number of rotatable bonds is 2. The highest BCUT2D eigenvalue weighted by atomic mass is 16.5. The van der Waals surface area contributed by atoms with E-state index in [4.69, 9.17) is 4.74 Å². The van der Waals surface area contributed by atoms with Gasteiger partial charge in [-0.15, -0.1) is 0 Å². The zero-order valence-corrected chi connectivity index (χ0v) is 9.81. The maximum atomic E-state index is 5.69. The Morgan fingerprint density at radius 2 is 1.53 bits per heavy atom. The van der Waals surface area contributed by atoms with E-state index < -0.39 is 0 Å². The van der Waals surface area contributed by atoms with E-state index in [0.717, 1.165) is 23.5 Å². The largest absolute Gasteiger partial charge is 0.457 e. The Bertz CT molecular complexity index is 515. The molecule has 0 saturated carbocycles. The molecule has 0 aliphatic carbocycles. The van der Waals surface area contributed by atoms with Gasteiger partial charge in [0.1, 0.15) is 11.5 Å². The molecule has 2 rings (SSSR count). The molecule has 0 amide bonds. The minimum Gasteiger partial charge on any atom is -0.457 e. The second-order valence-corrected chi connectivity index (χ2v) is 3.59. The Morgan fingerprint density at radius 1 is 0.882 bits per heavy atom. The summed E-state index contributed by atoms with van der Waals surface area (Å²) in [4.78, 5) is 0. The molecule has 1 nitrogen and oxygen atoms in total. The number of ether oxygens (including phenoxy) is 1. The smallest absolute Gasteiger partial charge is 0.127 e. The van der Waals surface area contributed by atoms with E-state index in [1.54, 1.807) is 0 Å². The molecule has 0 radical (unpaired) electrons. The van der Waals surface area contributed by atoms with E-state index in [-0.39, 0.29) is 0 Å². The molecule has 0 fully saturated rings. The molecule has 0 spiro atoms. The maximum Gasteiger partial charge on any atom is 0.127 e. The van der Waals surface area contributed by atoms with Gasteiger partial charge in [0.15, 0.2) is 0 Å². The van der Waals surface area contributed by atoms with Crippen molar-refractivity contribution in [3.05, 3.63) is 60.2 Å². The Hall–Kier alpha value is -2.20. The first-order valence-corrected chi connectivity index (χ1v) is 5.70. The van der Waals surface area contributed by atoms with Crippen LogP contribution in [0.2, 0.25) is 0 Å². The van der Waals surface area contributed by atoms with Crippen LogP contribution in [-0.2, 0) is 0 Å². The summed E-state index contributed by atoms with van der Waals surface area (Å²) in [6.07, 6.45) is 0.877. The van der Waals surface area contributed by atoms with Gasteiger partial charge in [0.2, 0.25) is 0 Å². The predicted molar refractivity (Wildman–Crippen MR) is 70.1 cm³/mol. The Balaban J connectivity index is 2.08. The Kier molecular flexibility index (Phi) is 3.83. The van der Waals surface area contributed by atoms with Gasteiger partial charge < -0.3 is 4.74 Å². The first-order chi connectivity index (χ1) is 8.38. The normalized spacial score (nSPS) is 9.24. The third-order valence-corrected chi connectivity index (χ3v) is 2.24. The standard InChI is InChI=1S/C16H14O/c1-2-3-7-14-10-12-16(13-11-14)17-15-8-5-4-6-9-15/h4-6,8-13H,2H2,1H3. The van der Waals surface area contributed by atoms with Crippen molar-refractivity contribution >= 4 is 0 Å². The molecule has 0 saturated heterocycles. The highest BCUT2D eigenvalue weighted by Crippen LogP contribution is 2.20. The van der Waals surface area contributed by atoms with Gasteiger partial charge in [0, 0.05) is 12.0 Å². The van der Waals surface area contributed by atoms with Crippen LogP contribution in [0, 0.1) is 11.8 Å². The molecule has 0 unspecified atom stereocenters. The van der Waals surface area contributed by atoms with Gasteiger partial charge in [-0.05, 0) is 36.4 Å². The van der Waals surface area contributed by atoms with Crippen molar-refractivity contribution in [1.29, 1.82) is 0 Å². The predicted octanol–water partition coefficient (Wildman–Crippen LogP) is 4.24. The van der Waals surface area contributed by atoms with Gasteiger partial charge in [-0.25, -0.2) is 0 Å². The van der Waals surface area contributed by atoms with Gasteiger partial charge in [-0.3, -0.25) is 0 Å². The van der Waals surface area contributed by atoms with E-state index in [9.17, 15) is 0 Å². The minimum absolute atomic E-state index is 0.832. The summed E-state index contributed by atoms with van der Waals surface area (Å²) in [5.74, 6) is 7.80. The van der Waals surface area contributed by atoms with Crippen LogP contribution in [-0.4, -0.2) is 0 Å². The number of hydrogen-bond acceptors (Lipinski definition) is 1. The van der Waals surface area contributed by atoms with Crippen LogP contribution >= 0.6 is 0 Å². The molecule has 17 heavy (non-hydrogen) atoms. The lowest BCUT2D eigenvalue weighted by atomic mass is 10.2. The average molecular weight is 222 g/mol. The number of para-hydroxylation sites is 1. The SMILES string of the molecule is CCC#Cc1ccc(Oc2ccccc2)cc1. The molecular weight excluding hydrogens is 208 g/mol. The molecular formula is C16H14O. The monoisotopic (exact) mass is 222 g/mol. The van der Waals surface area contributed by atoms with Crippen LogP contribution in [0.25, 0.3) is 0 Å². The molecule has 0 bridgehead atoms. The van der Waals surface area contributed by atoms with Crippen molar-refractivity contribution in [2.24, 2.45) is 0 Å². The first-order valence-electron chi connectivity index (χ1n) is 5.70. The lowest BCUT2D eigenvalue weighted by Gasteiger charge is -2.04. The zero-order valence-electron chi connectivity index (χ0n) is 9.81. The van der Waals surface area contributed by atoms with Crippen LogP contribution in [0.4, 0.5) is 0 Å². The molecule has 0 aliphatic heterocycles. The van der Waals surface area contributed by atoms with E-state index in [1.165, 1.54) is 0 Å². The van der Waals surface area contributed by atoms with Crippen molar-refractivity contribution in [3.8, 4) is 23.3 Å². The van der Waals surface area contributed by atoms with Crippen LogP contribution in [0.1, 0.15) is 18.9 Å². The van der Waals surface area contributed by atoms with E-state index in [1.807, 2.05) is 61.5 Å². The molecule has 0 heterocycles. The van der Waals surface area contributed by atoms with Crippen molar-refractivity contribution in [2.45, 2.75) is 13.3 Å². The fourth-order valence-corrected chi connectivity index (χ4v) is 1.42. The topological polar surface area (TPSA) is 9.23 Å². The Morgan fingerprint density at radius 3 is 2.18 bits per heavy atom.